The highest BCUT2D eigenvalue weighted by Gasteiger charge is 2.19. The molecule has 3 aromatic carbocycles. The Balaban J connectivity index is 1.87. The number of non-ortho nitro benzene ring substituents is 1. The van der Waals surface area contributed by atoms with Gasteiger partial charge < -0.3 is 15.2 Å². The van der Waals surface area contributed by atoms with Gasteiger partial charge in [-0.2, -0.15) is 0 Å². The van der Waals surface area contributed by atoms with Gasteiger partial charge in [-0.25, -0.2) is 0 Å². The second kappa shape index (κ2) is 10.1. The van der Waals surface area contributed by atoms with Gasteiger partial charge in [0.2, 0.25) is 0 Å². The van der Waals surface area contributed by atoms with Crippen LogP contribution in [0.4, 0.5) is 11.4 Å². The highest BCUT2D eigenvalue weighted by molar-refractivity contribution is 5.52. The number of aliphatic hydroxyl groups excluding tert-OH is 1. The number of benzene rings is 3. The molecular formula is C25H28N2O4. The maximum absolute atomic E-state index is 11.2. The Morgan fingerprint density at radius 1 is 0.968 bits per heavy atom. The van der Waals surface area contributed by atoms with Crippen molar-refractivity contribution >= 4 is 11.4 Å². The molecule has 0 aliphatic rings. The second-order valence-corrected chi connectivity index (χ2v) is 7.85. The number of nitrogens with zero attached hydrogens (tertiary/aromatic N) is 1. The predicted molar refractivity (Wildman–Crippen MR) is 123 cm³/mol. The molecule has 6 nitrogen and oxygen atoms in total. The molecule has 0 fully saturated rings. The van der Waals surface area contributed by atoms with Crippen LogP contribution in [0.15, 0.2) is 72.8 Å². The Morgan fingerprint density at radius 2 is 1.58 bits per heavy atom. The lowest BCUT2D eigenvalue weighted by molar-refractivity contribution is -0.384. The Labute approximate surface area is 182 Å². The van der Waals surface area contributed by atoms with Crippen LogP contribution in [0.5, 0.6) is 5.75 Å². The smallest absolute Gasteiger partial charge is 0.271 e. The van der Waals surface area contributed by atoms with Crippen LogP contribution in [0.25, 0.3) is 0 Å². The average molecular weight is 421 g/mol. The van der Waals surface area contributed by atoms with Gasteiger partial charge >= 0.3 is 0 Å². The van der Waals surface area contributed by atoms with Crippen molar-refractivity contribution in [1.29, 1.82) is 0 Å². The summed E-state index contributed by atoms with van der Waals surface area (Å²) in [5.41, 5.74) is 3.67. The fourth-order valence-corrected chi connectivity index (χ4v) is 3.49. The zero-order chi connectivity index (χ0) is 22.4. The molecule has 0 radical (unpaired) electrons. The van der Waals surface area contributed by atoms with E-state index in [2.05, 4.69) is 31.3 Å². The third kappa shape index (κ3) is 5.83. The Kier molecular flexibility index (Phi) is 7.26. The van der Waals surface area contributed by atoms with Gasteiger partial charge in [0, 0.05) is 24.2 Å². The van der Waals surface area contributed by atoms with Crippen LogP contribution in [-0.4, -0.2) is 17.1 Å². The summed E-state index contributed by atoms with van der Waals surface area (Å²) < 4.78 is 5.19. The molecule has 0 aliphatic heterocycles. The number of anilines is 1. The quantitative estimate of drug-likeness (QED) is 0.327. The van der Waals surface area contributed by atoms with Crippen LogP contribution in [0.1, 0.15) is 55.0 Å². The summed E-state index contributed by atoms with van der Waals surface area (Å²) >= 11 is 0. The number of methoxy groups -OCH3 is 1. The normalized spacial score (nSPS) is 12.9. The summed E-state index contributed by atoms with van der Waals surface area (Å²) in [5.74, 6) is 1.15. The molecule has 0 saturated heterocycles. The number of nitro benzene ring substituents is 1. The van der Waals surface area contributed by atoms with Crippen LogP contribution < -0.4 is 10.1 Å². The van der Waals surface area contributed by atoms with Crippen molar-refractivity contribution in [2.45, 2.75) is 38.3 Å². The molecule has 0 spiro atoms. The van der Waals surface area contributed by atoms with Gasteiger partial charge in [0.1, 0.15) is 5.75 Å². The Bertz CT molecular complexity index is 1000. The van der Waals surface area contributed by atoms with Crippen molar-refractivity contribution < 1.29 is 14.8 Å². The first kappa shape index (κ1) is 22.3. The van der Waals surface area contributed by atoms with Crippen LogP contribution in [0, 0.1) is 10.1 Å². The highest BCUT2D eigenvalue weighted by Crippen LogP contribution is 2.32. The van der Waals surface area contributed by atoms with E-state index < -0.39 is 11.0 Å². The molecule has 0 aromatic heterocycles. The summed E-state index contributed by atoms with van der Waals surface area (Å²) in [6.45, 7) is 4.28. The molecular weight excluding hydrogens is 392 g/mol. The van der Waals surface area contributed by atoms with E-state index in [9.17, 15) is 15.2 Å². The van der Waals surface area contributed by atoms with Gasteiger partial charge in [-0.3, -0.25) is 10.1 Å². The van der Waals surface area contributed by atoms with E-state index in [1.54, 1.807) is 19.2 Å². The molecule has 3 rings (SSSR count). The van der Waals surface area contributed by atoms with Crippen molar-refractivity contribution in [2.75, 3.05) is 12.4 Å². The topological polar surface area (TPSA) is 84.6 Å². The number of rotatable bonds is 9. The second-order valence-electron chi connectivity index (χ2n) is 7.85. The highest BCUT2D eigenvalue weighted by atomic mass is 16.6. The van der Waals surface area contributed by atoms with Crippen molar-refractivity contribution in [2.24, 2.45) is 0 Å². The van der Waals surface area contributed by atoms with E-state index in [4.69, 9.17) is 4.74 Å². The molecule has 0 saturated carbocycles. The minimum absolute atomic E-state index is 0.0228. The first-order chi connectivity index (χ1) is 14.9. The summed E-state index contributed by atoms with van der Waals surface area (Å²) in [6, 6.07) is 21.8. The third-order valence-corrected chi connectivity index (χ3v) is 5.36. The van der Waals surface area contributed by atoms with Gasteiger partial charge in [-0.1, -0.05) is 56.3 Å². The van der Waals surface area contributed by atoms with E-state index in [1.165, 1.54) is 17.7 Å². The standard InChI is InChI=1S/C25H28N2O4/c1-17(2)18-7-9-19(10-8-18)24(26-21-5-4-6-22(15-21)27(29)30)16-25(28)20-11-13-23(31-3)14-12-20/h4-15,17,24-26,28H,16H2,1-3H3. The minimum atomic E-state index is -0.716. The molecule has 0 aliphatic carbocycles. The first-order valence-corrected chi connectivity index (χ1v) is 10.3. The van der Waals surface area contributed by atoms with Crippen LogP contribution in [0.2, 0.25) is 0 Å². The van der Waals surface area contributed by atoms with E-state index >= 15 is 0 Å². The van der Waals surface area contributed by atoms with Crippen molar-refractivity contribution in [3.63, 3.8) is 0 Å². The molecule has 3 aromatic rings. The zero-order valence-electron chi connectivity index (χ0n) is 18.0. The zero-order valence-corrected chi connectivity index (χ0v) is 18.0. The summed E-state index contributed by atoms with van der Waals surface area (Å²) in [5, 5.41) is 25.4. The maximum Gasteiger partial charge on any atom is 0.271 e. The number of nitrogens with one attached hydrogen (secondary N) is 1. The van der Waals surface area contributed by atoms with E-state index in [1.807, 2.05) is 36.4 Å². The van der Waals surface area contributed by atoms with Crippen molar-refractivity contribution in [3.05, 3.63) is 99.6 Å². The summed E-state index contributed by atoms with van der Waals surface area (Å²) in [7, 11) is 1.60. The van der Waals surface area contributed by atoms with E-state index in [0.29, 0.717) is 18.0 Å². The van der Waals surface area contributed by atoms with Gasteiger partial charge in [-0.15, -0.1) is 0 Å². The van der Waals surface area contributed by atoms with Gasteiger partial charge in [0.15, 0.2) is 0 Å². The Morgan fingerprint density at radius 3 is 2.16 bits per heavy atom. The molecule has 2 atom stereocenters. The third-order valence-electron chi connectivity index (χ3n) is 5.36. The molecule has 162 valence electrons. The van der Waals surface area contributed by atoms with Crippen LogP contribution in [-0.2, 0) is 0 Å². The summed E-state index contributed by atoms with van der Waals surface area (Å²) in [6.07, 6.45) is -0.317. The number of hydrogen-bond donors (Lipinski definition) is 2. The molecule has 2 unspecified atom stereocenters. The SMILES string of the molecule is COc1ccc(C(O)CC(Nc2cccc([N+](=O)[O-])c2)c2ccc(C(C)C)cc2)cc1. The van der Waals surface area contributed by atoms with Gasteiger partial charge in [0.25, 0.3) is 5.69 Å². The van der Waals surface area contributed by atoms with Crippen LogP contribution in [0.3, 0.4) is 0 Å². The molecule has 6 heteroatoms. The maximum atomic E-state index is 11.2. The number of aliphatic hydroxyl groups is 1. The lowest BCUT2D eigenvalue weighted by atomic mass is 9.94. The minimum Gasteiger partial charge on any atom is -0.497 e. The fraction of sp³-hybridized carbons (Fsp3) is 0.280. The molecule has 0 bridgehead atoms. The Hall–Kier alpha value is -3.38. The number of nitro groups is 1. The monoisotopic (exact) mass is 420 g/mol. The fourth-order valence-electron chi connectivity index (χ4n) is 3.49. The van der Waals surface area contributed by atoms with Gasteiger partial charge in [-0.05, 0) is 40.8 Å². The van der Waals surface area contributed by atoms with E-state index in [0.717, 1.165) is 16.9 Å². The predicted octanol–water partition coefficient (Wildman–Crippen LogP) is 6.00. The molecule has 2 N–H and O–H groups in total. The average Bonchev–Trinajstić information content (AvgIpc) is 2.79. The van der Waals surface area contributed by atoms with E-state index in [-0.39, 0.29) is 11.7 Å². The van der Waals surface area contributed by atoms with Crippen LogP contribution >= 0.6 is 0 Å². The lowest BCUT2D eigenvalue weighted by Gasteiger charge is -2.24. The number of hydrogen-bond acceptors (Lipinski definition) is 5. The number of ether oxygens (including phenoxy) is 1. The van der Waals surface area contributed by atoms with Gasteiger partial charge in [0.05, 0.1) is 24.2 Å². The largest absolute Gasteiger partial charge is 0.497 e. The van der Waals surface area contributed by atoms with Crippen molar-refractivity contribution in [3.8, 4) is 5.75 Å². The summed E-state index contributed by atoms with van der Waals surface area (Å²) in [4.78, 5) is 10.7. The van der Waals surface area contributed by atoms with Crippen molar-refractivity contribution in [1.82, 2.24) is 0 Å². The molecule has 0 heterocycles. The lowest BCUT2D eigenvalue weighted by Crippen LogP contribution is -2.15. The first-order valence-electron chi connectivity index (χ1n) is 10.3. The molecule has 0 amide bonds. The molecule has 31 heavy (non-hydrogen) atoms.